The molecule has 6 nitrogen and oxygen atoms in total. The Hall–Kier alpha value is -2.99. The predicted octanol–water partition coefficient (Wildman–Crippen LogP) is 4.43. The highest BCUT2D eigenvalue weighted by Gasteiger charge is 2.19. The molecule has 0 spiro atoms. The molecule has 1 heterocycles. The van der Waals surface area contributed by atoms with Gasteiger partial charge in [0, 0.05) is 17.8 Å². The Kier molecular flexibility index (Phi) is 5.90. The van der Waals surface area contributed by atoms with Crippen molar-refractivity contribution in [3.8, 4) is 28.5 Å². The average Bonchev–Trinajstić information content (AvgIpc) is 2.73. The first-order valence-corrected chi connectivity index (χ1v) is 8.74. The molecule has 0 aliphatic heterocycles. The van der Waals surface area contributed by atoms with Crippen molar-refractivity contribution in [3.63, 3.8) is 0 Å². The molecule has 0 bridgehead atoms. The monoisotopic (exact) mass is 399 g/mol. The van der Waals surface area contributed by atoms with Crippen LogP contribution in [0.15, 0.2) is 42.6 Å². The topological polar surface area (TPSA) is 65.5 Å². The fourth-order valence-corrected chi connectivity index (χ4v) is 3.31. The van der Waals surface area contributed by atoms with Gasteiger partial charge in [-0.3, -0.25) is 0 Å². The Morgan fingerprint density at radius 3 is 2.32 bits per heavy atom. The highest BCUT2D eigenvalue weighted by Crippen LogP contribution is 2.35. The lowest BCUT2D eigenvalue weighted by Gasteiger charge is -2.20. The van der Waals surface area contributed by atoms with Gasteiger partial charge >= 0.3 is 0 Å². The molecule has 1 aromatic heterocycles. The third-order valence-corrected chi connectivity index (χ3v) is 4.75. The first kappa shape index (κ1) is 19.8. The van der Waals surface area contributed by atoms with Crippen LogP contribution in [0.4, 0.5) is 11.6 Å². The van der Waals surface area contributed by atoms with Crippen LogP contribution in [0.25, 0.3) is 11.3 Å². The number of halogens is 1. The van der Waals surface area contributed by atoms with Crippen LogP contribution in [0.3, 0.4) is 0 Å². The average molecular weight is 400 g/mol. The number of nitrogens with one attached hydrogen (secondary N) is 1. The predicted molar refractivity (Wildman–Crippen MR) is 112 cm³/mol. The number of ether oxygens (including phenoxy) is 3. The van der Waals surface area contributed by atoms with Crippen LogP contribution in [0.1, 0.15) is 11.1 Å². The third kappa shape index (κ3) is 3.68. The Labute approximate surface area is 170 Å². The van der Waals surface area contributed by atoms with Gasteiger partial charge in [0.25, 0.3) is 0 Å². The molecule has 0 radical (unpaired) electrons. The van der Waals surface area contributed by atoms with Gasteiger partial charge < -0.3 is 19.5 Å². The Morgan fingerprint density at radius 1 is 0.857 bits per heavy atom. The molecule has 28 heavy (non-hydrogen) atoms. The normalized spacial score (nSPS) is 11.5. The van der Waals surface area contributed by atoms with E-state index in [1.54, 1.807) is 21.3 Å². The lowest BCUT2D eigenvalue weighted by molar-refractivity contribution is 0.395. The second-order valence-corrected chi connectivity index (χ2v) is 6.28. The quantitative estimate of drug-likeness (QED) is 0.684. The van der Waals surface area contributed by atoms with Gasteiger partial charge in [-0.25, -0.2) is 9.97 Å². The summed E-state index contributed by atoms with van der Waals surface area (Å²) >= 11 is 0. The van der Waals surface area contributed by atoms with Crippen LogP contribution in [0.5, 0.6) is 17.2 Å². The van der Waals surface area contributed by atoms with Crippen molar-refractivity contribution in [2.75, 3.05) is 26.6 Å². The largest absolute Gasteiger partial charge is 0.497 e. The van der Waals surface area contributed by atoms with E-state index < -0.39 is 0 Å². The standard InChI is InChI=1S/C21H21N3O3.ClH/c1-25-15-6-8-17-13(10-15)4-5-14-12-22-21(24-20(14)17)23-18-9-7-16(26-2)11-19(18)27-3;/h6-12H,4-5H2,1-3H3,(H,22,23,24);1H. The zero-order valence-corrected chi connectivity index (χ0v) is 16.8. The van der Waals surface area contributed by atoms with Crippen LogP contribution in [-0.2, 0) is 12.8 Å². The summed E-state index contributed by atoms with van der Waals surface area (Å²) in [6.45, 7) is 0. The molecule has 7 heteroatoms. The molecule has 0 atom stereocenters. The van der Waals surface area contributed by atoms with Crippen molar-refractivity contribution in [2.45, 2.75) is 12.8 Å². The van der Waals surface area contributed by atoms with Gasteiger partial charge in [0.1, 0.15) is 17.2 Å². The first-order chi connectivity index (χ1) is 13.2. The molecule has 0 saturated heterocycles. The molecular formula is C21H22ClN3O3. The fourth-order valence-electron chi connectivity index (χ4n) is 3.31. The van der Waals surface area contributed by atoms with E-state index in [0.717, 1.165) is 46.8 Å². The van der Waals surface area contributed by atoms with Gasteiger partial charge in [0.2, 0.25) is 5.95 Å². The van der Waals surface area contributed by atoms with Crippen LogP contribution in [-0.4, -0.2) is 31.3 Å². The molecule has 0 amide bonds. The summed E-state index contributed by atoms with van der Waals surface area (Å²) in [5, 5.41) is 3.25. The van der Waals surface area contributed by atoms with Gasteiger partial charge in [0.05, 0.1) is 32.7 Å². The SMILES string of the molecule is COc1ccc2c(c1)CCc1cnc(Nc3ccc(OC)cc3OC)nc1-2.Cl. The summed E-state index contributed by atoms with van der Waals surface area (Å²) in [5.74, 6) is 2.79. The maximum absolute atomic E-state index is 5.44. The van der Waals surface area contributed by atoms with Crippen molar-refractivity contribution >= 4 is 24.0 Å². The maximum Gasteiger partial charge on any atom is 0.227 e. The van der Waals surface area contributed by atoms with Crippen molar-refractivity contribution < 1.29 is 14.2 Å². The smallest absolute Gasteiger partial charge is 0.227 e. The molecule has 0 saturated carbocycles. The number of nitrogens with zero attached hydrogens (tertiary/aromatic N) is 2. The second kappa shape index (κ2) is 8.35. The summed E-state index contributed by atoms with van der Waals surface area (Å²) in [6.07, 6.45) is 3.78. The van der Waals surface area contributed by atoms with Crippen LogP contribution < -0.4 is 19.5 Å². The van der Waals surface area contributed by atoms with Crippen LogP contribution in [0.2, 0.25) is 0 Å². The van der Waals surface area contributed by atoms with E-state index in [-0.39, 0.29) is 12.4 Å². The maximum atomic E-state index is 5.44. The zero-order chi connectivity index (χ0) is 18.8. The van der Waals surface area contributed by atoms with Crippen molar-refractivity contribution in [1.82, 2.24) is 9.97 Å². The van der Waals surface area contributed by atoms with E-state index in [9.17, 15) is 0 Å². The number of anilines is 2. The Balaban J connectivity index is 0.00000225. The Bertz CT molecular complexity index is 995. The molecule has 1 N–H and O–H groups in total. The molecular weight excluding hydrogens is 378 g/mol. The first-order valence-electron chi connectivity index (χ1n) is 8.74. The van der Waals surface area contributed by atoms with Crippen LogP contribution >= 0.6 is 12.4 Å². The zero-order valence-electron chi connectivity index (χ0n) is 16.0. The number of aryl methyl sites for hydroxylation is 2. The van der Waals surface area contributed by atoms with E-state index in [1.807, 2.05) is 30.5 Å². The molecule has 3 aromatic rings. The fraction of sp³-hybridized carbons (Fsp3) is 0.238. The molecule has 0 unspecified atom stereocenters. The van der Waals surface area contributed by atoms with Gasteiger partial charge in [0.15, 0.2) is 0 Å². The van der Waals surface area contributed by atoms with Gasteiger partial charge in [-0.15, -0.1) is 12.4 Å². The van der Waals surface area contributed by atoms with E-state index in [1.165, 1.54) is 5.56 Å². The molecule has 4 rings (SSSR count). The second-order valence-electron chi connectivity index (χ2n) is 6.28. The van der Waals surface area contributed by atoms with Gasteiger partial charge in [-0.2, -0.15) is 0 Å². The van der Waals surface area contributed by atoms with E-state index in [0.29, 0.717) is 11.7 Å². The number of rotatable bonds is 5. The van der Waals surface area contributed by atoms with E-state index in [2.05, 4.69) is 22.4 Å². The summed E-state index contributed by atoms with van der Waals surface area (Å²) in [6, 6.07) is 11.7. The highest BCUT2D eigenvalue weighted by molar-refractivity contribution is 5.85. The Morgan fingerprint density at radius 2 is 1.57 bits per heavy atom. The van der Waals surface area contributed by atoms with Gasteiger partial charge in [-0.1, -0.05) is 0 Å². The number of methoxy groups -OCH3 is 3. The number of hydrogen-bond acceptors (Lipinski definition) is 6. The number of hydrogen-bond donors (Lipinski definition) is 1. The number of aromatic nitrogens is 2. The van der Waals surface area contributed by atoms with E-state index >= 15 is 0 Å². The molecule has 146 valence electrons. The van der Waals surface area contributed by atoms with Crippen molar-refractivity contribution in [2.24, 2.45) is 0 Å². The summed E-state index contributed by atoms with van der Waals surface area (Å²) < 4.78 is 16.0. The summed E-state index contributed by atoms with van der Waals surface area (Å²) in [5.41, 5.74) is 5.27. The minimum atomic E-state index is 0. The molecule has 1 aliphatic rings. The number of benzene rings is 2. The van der Waals surface area contributed by atoms with Crippen molar-refractivity contribution in [1.29, 1.82) is 0 Å². The summed E-state index contributed by atoms with van der Waals surface area (Å²) in [4.78, 5) is 9.25. The van der Waals surface area contributed by atoms with Crippen molar-refractivity contribution in [3.05, 3.63) is 53.7 Å². The minimum absolute atomic E-state index is 0. The molecule has 2 aromatic carbocycles. The number of fused-ring (bicyclic) bond motifs is 3. The molecule has 0 fully saturated rings. The summed E-state index contributed by atoms with van der Waals surface area (Å²) in [7, 11) is 4.93. The minimum Gasteiger partial charge on any atom is -0.497 e. The third-order valence-electron chi connectivity index (χ3n) is 4.75. The molecule has 1 aliphatic carbocycles. The van der Waals surface area contributed by atoms with E-state index in [4.69, 9.17) is 19.2 Å². The lowest BCUT2D eigenvalue weighted by atomic mass is 9.90. The van der Waals surface area contributed by atoms with Crippen LogP contribution in [0, 0.1) is 0 Å². The lowest BCUT2D eigenvalue weighted by Crippen LogP contribution is -2.09. The highest BCUT2D eigenvalue weighted by atomic mass is 35.5. The van der Waals surface area contributed by atoms with Gasteiger partial charge in [-0.05, 0) is 54.3 Å².